The smallest absolute Gasteiger partial charge is 0.0383 e. The van der Waals surface area contributed by atoms with Crippen molar-refractivity contribution < 1.29 is 0 Å². The fourth-order valence-corrected chi connectivity index (χ4v) is 3.03. The summed E-state index contributed by atoms with van der Waals surface area (Å²) in [5.41, 5.74) is 0. The second-order valence-electron chi connectivity index (χ2n) is 7.11. The summed E-state index contributed by atoms with van der Waals surface area (Å²) in [6.07, 6.45) is 5.85. The van der Waals surface area contributed by atoms with Crippen LogP contribution in [0.1, 0.15) is 67.2 Å². The zero-order valence-electron chi connectivity index (χ0n) is 12.3. The molecule has 0 bridgehead atoms. The molecule has 96 valence electrons. The van der Waals surface area contributed by atoms with Crippen LogP contribution in [0, 0.1) is 35.5 Å². The summed E-state index contributed by atoms with van der Waals surface area (Å²) < 4.78 is 0. The fraction of sp³-hybridized carbons (Fsp3) is 1.00. The van der Waals surface area contributed by atoms with Gasteiger partial charge in [0.25, 0.3) is 0 Å². The van der Waals surface area contributed by atoms with Crippen molar-refractivity contribution in [3.8, 4) is 0 Å². The number of rotatable bonds is 7. The highest BCUT2D eigenvalue weighted by Crippen LogP contribution is 2.43. The highest BCUT2D eigenvalue weighted by Gasteiger charge is 2.33. The van der Waals surface area contributed by atoms with Gasteiger partial charge in [0.05, 0.1) is 0 Å². The standard InChI is InChI=1S/C16H32/c1-11(2)14(5)8-12(3)7-13(4)9-16-10-15(16)6/h11-16H,7-10H2,1-6H3. The molecule has 0 amide bonds. The molecule has 16 heavy (non-hydrogen) atoms. The topological polar surface area (TPSA) is 0 Å². The summed E-state index contributed by atoms with van der Waals surface area (Å²) in [5.74, 6) is 5.71. The van der Waals surface area contributed by atoms with Crippen LogP contribution in [0.3, 0.4) is 0 Å². The van der Waals surface area contributed by atoms with E-state index in [4.69, 9.17) is 0 Å². The molecule has 0 aromatic heterocycles. The lowest BCUT2D eigenvalue weighted by Gasteiger charge is -2.22. The van der Waals surface area contributed by atoms with Crippen molar-refractivity contribution in [2.75, 3.05) is 0 Å². The van der Waals surface area contributed by atoms with Crippen LogP contribution in [0.25, 0.3) is 0 Å². The maximum absolute atomic E-state index is 2.46. The summed E-state index contributed by atoms with van der Waals surface area (Å²) in [7, 11) is 0. The molecule has 1 rings (SSSR count). The van der Waals surface area contributed by atoms with Gasteiger partial charge in [0, 0.05) is 0 Å². The van der Waals surface area contributed by atoms with Gasteiger partial charge in [-0.2, -0.15) is 0 Å². The minimum atomic E-state index is 0.848. The Balaban J connectivity index is 2.14. The molecule has 0 heterocycles. The van der Waals surface area contributed by atoms with Crippen LogP contribution in [-0.2, 0) is 0 Å². The highest BCUT2D eigenvalue weighted by atomic mass is 14.4. The van der Waals surface area contributed by atoms with E-state index in [-0.39, 0.29) is 0 Å². The summed E-state index contributed by atoms with van der Waals surface area (Å²) >= 11 is 0. The molecule has 1 saturated carbocycles. The summed E-state index contributed by atoms with van der Waals surface area (Å²) in [5, 5.41) is 0. The Morgan fingerprint density at radius 1 is 0.938 bits per heavy atom. The highest BCUT2D eigenvalue weighted by molar-refractivity contribution is 4.83. The third-order valence-electron chi connectivity index (χ3n) is 4.70. The molecular weight excluding hydrogens is 192 g/mol. The van der Waals surface area contributed by atoms with Crippen LogP contribution in [0.5, 0.6) is 0 Å². The van der Waals surface area contributed by atoms with Crippen LogP contribution in [-0.4, -0.2) is 0 Å². The van der Waals surface area contributed by atoms with Gasteiger partial charge in [-0.15, -0.1) is 0 Å². The van der Waals surface area contributed by atoms with Gasteiger partial charge in [0.1, 0.15) is 0 Å². The first kappa shape index (κ1) is 14.1. The van der Waals surface area contributed by atoms with Gasteiger partial charge < -0.3 is 0 Å². The Hall–Kier alpha value is 0. The van der Waals surface area contributed by atoms with Crippen LogP contribution in [0.15, 0.2) is 0 Å². The lowest BCUT2D eigenvalue weighted by Crippen LogP contribution is -2.12. The molecule has 5 atom stereocenters. The lowest BCUT2D eigenvalue weighted by molar-refractivity contribution is 0.285. The van der Waals surface area contributed by atoms with Crippen molar-refractivity contribution in [1.82, 2.24) is 0 Å². The zero-order chi connectivity index (χ0) is 12.3. The first-order valence-electron chi connectivity index (χ1n) is 7.40. The Morgan fingerprint density at radius 2 is 1.50 bits per heavy atom. The van der Waals surface area contributed by atoms with Crippen molar-refractivity contribution in [3.05, 3.63) is 0 Å². The molecule has 0 aliphatic heterocycles. The Bertz CT molecular complexity index is 194. The van der Waals surface area contributed by atoms with Crippen molar-refractivity contribution >= 4 is 0 Å². The van der Waals surface area contributed by atoms with Crippen molar-refractivity contribution in [3.63, 3.8) is 0 Å². The molecule has 0 spiro atoms. The minimum Gasteiger partial charge on any atom is -0.0625 e. The second-order valence-corrected chi connectivity index (χ2v) is 7.11. The molecule has 1 aliphatic rings. The van der Waals surface area contributed by atoms with E-state index in [1.165, 1.54) is 25.7 Å². The van der Waals surface area contributed by atoms with Crippen LogP contribution in [0.2, 0.25) is 0 Å². The maximum Gasteiger partial charge on any atom is -0.0383 e. The zero-order valence-corrected chi connectivity index (χ0v) is 12.3. The van der Waals surface area contributed by atoms with Gasteiger partial charge in [-0.05, 0) is 61.2 Å². The third kappa shape index (κ3) is 4.89. The SMILES string of the molecule is CC(CC(C)CC1CC1C)CC(C)C(C)C. The van der Waals surface area contributed by atoms with Crippen LogP contribution < -0.4 is 0 Å². The summed E-state index contributed by atoms with van der Waals surface area (Å²) in [6.45, 7) is 14.4. The first-order chi connectivity index (χ1) is 7.40. The lowest BCUT2D eigenvalue weighted by atomic mass is 9.83. The molecule has 5 unspecified atom stereocenters. The van der Waals surface area contributed by atoms with E-state index < -0.39 is 0 Å². The van der Waals surface area contributed by atoms with E-state index in [1.54, 1.807) is 0 Å². The number of hydrogen-bond acceptors (Lipinski definition) is 0. The Morgan fingerprint density at radius 3 is 1.94 bits per heavy atom. The Kier molecular flexibility index (Phi) is 5.34. The molecule has 1 aliphatic carbocycles. The van der Waals surface area contributed by atoms with E-state index in [1.807, 2.05) is 0 Å². The van der Waals surface area contributed by atoms with Gasteiger partial charge in [-0.3, -0.25) is 0 Å². The average Bonchev–Trinajstić information content (AvgIpc) is 2.80. The van der Waals surface area contributed by atoms with Gasteiger partial charge in [0.15, 0.2) is 0 Å². The molecule has 1 fully saturated rings. The van der Waals surface area contributed by atoms with E-state index in [9.17, 15) is 0 Å². The summed E-state index contributed by atoms with van der Waals surface area (Å²) in [4.78, 5) is 0. The molecule has 0 aromatic rings. The predicted octanol–water partition coefficient (Wildman–Crippen LogP) is 5.38. The molecule has 0 radical (unpaired) electrons. The van der Waals surface area contributed by atoms with Crippen LogP contribution in [0.4, 0.5) is 0 Å². The summed E-state index contributed by atoms with van der Waals surface area (Å²) in [6, 6.07) is 0. The van der Waals surface area contributed by atoms with Gasteiger partial charge in [-0.1, -0.05) is 41.5 Å². The van der Waals surface area contributed by atoms with Gasteiger partial charge >= 0.3 is 0 Å². The van der Waals surface area contributed by atoms with Crippen LogP contribution >= 0.6 is 0 Å². The Labute approximate surface area is 103 Å². The second kappa shape index (κ2) is 6.07. The molecule has 0 heteroatoms. The molecule has 0 N–H and O–H groups in total. The van der Waals surface area contributed by atoms with Gasteiger partial charge in [-0.25, -0.2) is 0 Å². The minimum absolute atomic E-state index is 0.848. The van der Waals surface area contributed by atoms with Gasteiger partial charge in [0.2, 0.25) is 0 Å². The molecule has 0 nitrogen and oxygen atoms in total. The van der Waals surface area contributed by atoms with E-state index in [0.717, 1.165) is 35.5 Å². The average molecular weight is 224 g/mol. The molecule has 0 aromatic carbocycles. The third-order valence-corrected chi connectivity index (χ3v) is 4.70. The monoisotopic (exact) mass is 224 g/mol. The van der Waals surface area contributed by atoms with Crippen molar-refractivity contribution in [2.24, 2.45) is 35.5 Å². The normalized spacial score (nSPS) is 30.2. The van der Waals surface area contributed by atoms with E-state index in [0.29, 0.717) is 0 Å². The molecular formula is C16H32. The van der Waals surface area contributed by atoms with E-state index >= 15 is 0 Å². The predicted molar refractivity (Wildman–Crippen MR) is 73.5 cm³/mol. The number of hydrogen-bond donors (Lipinski definition) is 0. The quantitative estimate of drug-likeness (QED) is 0.545. The molecule has 0 saturated heterocycles. The van der Waals surface area contributed by atoms with Crippen molar-refractivity contribution in [1.29, 1.82) is 0 Å². The van der Waals surface area contributed by atoms with Crippen molar-refractivity contribution in [2.45, 2.75) is 67.2 Å². The van der Waals surface area contributed by atoms with E-state index in [2.05, 4.69) is 41.5 Å². The first-order valence-corrected chi connectivity index (χ1v) is 7.40. The largest absolute Gasteiger partial charge is 0.0625 e. The fourth-order valence-electron chi connectivity index (χ4n) is 3.03. The maximum atomic E-state index is 2.46.